The Bertz CT molecular complexity index is 866. The van der Waals surface area contributed by atoms with Gasteiger partial charge in [0.2, 0.25) is 0 Å². The second-order valence-electron chi connectivity index (χ2n) is 6.37. The van der Waals surface area contributed by atoms with Gasteiger partial charge < -0.3 is 10.1 Å². The standard InChI is InChI=1S/C23H26BrFNO2P/c1-2-3-14-28-23(27)20(18-10-12-19(24)13-11-18)8-4-6-17-7-5-9-22(25)21(17)15-26-16-29/h4-13,26H,2-3,14-16,29H2,1H3. The first-order valence-electron chi connectivity index (χ1n) is 9.56. The van der Waals surface area contributed by atoms with Crippen LogP contribution in [0.2, 0.25) is 0 Å². The number of nitrogens with one attached hydrogen (secondary N) is 1. The van der Waals surface area contributed by atoms with Crippen LogP contribution < -0.4 is 5.32 Å². The summed E-state index contributed by atoms with van der Waals surface area (Å²) in [5, 5.41) is 3.12. The van der Waals surface area contributed by atoms with Crippen molar-refractivity contribution in [3.05, 3.63) is 81.6 Å². The number of esters is 1. The highest BCUT2D eigenvalue weighted by Crippen LogP contribution is 2.21. The summed E-state index contributed by atoms with van der Waals surface area (Å²) in [6, 6.07) is 12.5. The van der Waals surface area contributed by atoms with E-state index in [4.69, 9.17) is 4.74 Å². The minimum absolute atomic E-state index is 0.255. The van der Waals surface area contributed by atoms with E-state index in [1.807, 2.05) is 37.3 Å². The van der Waals surface area contributed by atoms with E-state index in [2.05, 4.69) is 30.5 Å². The van der Waals surface area contributed by atoms with Gasteiger partial charge in [0.05, 0.1) is 12.2 Å². The van der Waals surface area contributed by atoms with Gasteiger partial charge in [-0.05, 0) is 41.8 Å². The van der Waals surface area contributed by atoms with Gasteiger partial charge in [-0.2, -0.15) is 0 Å². The lowest BCUT2D eigenvalue weighted by atomic mass is 10.0. The third kappa shape index (κ3) is 7.50. The third-order valence-corrected chi connectivity index (χ3v) is 5.06. The highest BCUT2D eigenvalue weighted by atomic mass is 79.9. The van der Waals surface area contributed by atoms with Crippen molar-refractivity contribution in [1.82, 2.24) is 5.32 Å². The zero-order chi connectivity index (χ0) is 21.1. The molecule has 0 bridgehead atoms. The van der Waals surface area contributed by atoms with Crippen molar-refractivity contribution in [2.75, 3.05) is 12.9 Å². The quantitative estimate of drug-likeness (QED) is 0.151. The zero-order valence-corrected chi connectivity index (χ0v) is 19.2. The summed E-state index contributed by atoms with van der Waals surface area (Å²) < 4.78 is 20.5. The Hall–Kier alpha value is -1.81. The van der Waals surface area contributed by atoms with Crippen molar-refractivity contribution in [2.45, 2.75) is 26.3 Å². The monoisotopic (exact) mass is 477 g/mol. The van der Waals surface area contributed by atoms with E-state index in [1.54, 1.807) is 24.3 Å². The zero-order valence-electron chi connectivity index (χ0n) is 16.5. The number of carbonyl (C=O) groups excluding carboxylic acids is 1. The molecule has 3 nitrogen and oxygen atoms in total. The predicted octanol–water partition coefficient (Wildman–Crippen LogP) is 5.95. The summed E-state index contributed by atoms with van der Waals surface area (Å²) in [7, 11) is 2.56. The Labute approximate surface area is 182 Å². The van der Waals surface area contributed by atoms with Crippen LogP contribution in [0.15, 0.2) is 59.1 Å². The van der Waals surface area contributed by atoms with Gasteiger partial charge in [0.25, 0.3) is 0 Å². The number of halogens is 2. The number of carbonyl (C=O) groups is 1. The third-order valence-electron chi connectivity index (χ3n) is 4.25. The van der Waals surface area contributed by atoms with Gasteiger partial charge in [0.15, 0.2) is 0 Å². The lowest BCUT2D eigenvalue weighted by molar-refractivity contribution is -0.136. The van der Waals surface area contributed by atoms with Gasteiger partial charge in [-0.15, -0.1) is 9.24 Å². The molecule has 0 fully saturated rings. The van der Waals surface area contributed by atoms with Crippen LogP contribution in [0.25, 0.3) is 11.6 Å². The predicted molar refractivity (Wildman–Crippen MR) is 125 cm³/mol. The molecule has 0 spiro atoms. The maximum Gasteiger partial charge on any atom is 0.338 e. The fraction of sp³-hybridized carbons (Fsp3) is 0.261. The first-order chi connectivity index (χ1) is 14.1. The van der Waals surface area contributed by atoms with E-state index in [0.717, 1.165) is 28.4 Å². The minimum atomic E-state index is -0.366. The Morgan fingerprint density at radius 3 is 2.69 bits per heavy atom. The topological polar surface area (TPSA) is 38.3 Å². The highest BCUT2D eigenvalue weighted by molar-refractivity contribution is 9.10. The average Bonchev–Trinajstić information content (AvgIpc) is 2.71. The number of hydrogen-bond donors (Lipinski definition) is 1. The van der Waals surface area contributed by atoms with Crippen LogP contribution in [0, 0.1) is 5.82 Å². The maximum atomic E-state index is 14.2. The fourth-order valence-electron chi connectivity index (χ4n) is 2.66. The molecule has 0 aromatic heterocycles. The van der Waals surface area contributed by atoms with E-state index in [-0.39, 0.29) is 11.8 Å². The van der Waals surface area contributed by atoms with E-state index in [9.17, 15) is 9.18 Å². The lowest BCUT2D eigenvalue weighted by Crippen LogP contribution is -2.12. The van der Waals surface area contributed by atoms with Crippen molar-refractivity contribution in [2.24, 2.45) is 0 Å². The van der Waals surface area contributed by atoms with Gasteiger partial charge >= 0.3 is 5.97 Å². The summed E-state index contributed by atoms with van der Waals surface area (Å²) in [5.41, 5.74) is 2.59. The Balaban J connectivity index is 2.30. The lowest BCUT2D eigenvalue weighted by Gasteiger charge is -2.09. The first kappa shape index (κ1) is 23.5. The number of benzene rings is 2. The van der Waals surface area contributed by atoms with Crippen molar-refractivity contribution in [3.8, 4) is 0 Å². The second kappa shape index (κ2) is 12.7. The molecule has 2 aromatic carbocycles. The van der Waals surface area contributed by atoms with Crippen molar-refractivity contribution < 1.29 is 13.9 Å². The van der Waals surface area contributed by atoms with E-state index in [0.29, 0.717) is 30.6 Å². The highest BCUT2D eigenvalue weighted by Gasteiger charge is 2.13. The summed E-state index contributed by atoms with van der Waals surface area (Å²) in [5.74, 6) is -0.622. The number of ether oxygens (including phenoxy) is 1. The molecule has 1 atom stereocenters. The average molecular weight is 478 g/mol. The number of unbranched alkanes of at least 4 members (excludes halogenated alkanes) is 1. The second-order valence-corrected chi connectivity index (χ2v) is 7.70. The first-order valence-corrected chi connectivity index (χ1v) is 11.2. The van der Waals surface area contributed by atoms with Crippen LogP contribution in [-0.2, 0) is 16.1 Å². The van der Waals surface area contributed by atoms with Crippen LogP contribution in [0.1, 0.15) is 36.5 Å². The molecule has 2 rings (SSSR count). The van der Waals surface area contributed by atoms with Crippen LogP contribution in [0.5, 0.6) is 0 Å². The number of allylic oxidation sites excluding steroid dienone is 2. The summed E-state index contributed by atoms with van der Waals surface area (Å²) in [6.07, 6.45) is 7.74. The number of hydrogen-bond acceptors (Lipinski definition) is 3. The van der Waals surface area contributed by atoms with Gasteiger partial charge in [0.1, 0.15) is 5.82 Å². The molecule has 0 aliphatic carbocycles. The molecular weight excluding hydrogens is 452 g/mol. The molecule has 154 valence electrons. The van der Waals surface area contributed by atoms with Crippen LogP contribution in [0.4, 0.5) is 4.39 Å². The smallest absolute Gasteiger partial charge is 0.338 e. The molecule has 1 unspecified atom stereocenters. The van der Waals surface area contributed by atoms with Crippen LogP contribution in [-0.4, -0.2) is 18.9 Å². The molecule has 0 radical (unpaired) electrons. The van der Waals surface area contributed by atoms with E-state index in [1.165, 1.54) is 6.07 Å². The van der Waals surface area contributed by atoms with Crippen LogP contribution >= 0.6 is 25.2 Å². The molecule has 1 N–H and O–H groups in total. The van der Waals surface area contributed by atoms with Crippen molar-refractivity contribution >= 4 is 42.8 Å². The van der Waals surface area contributed by atoms with E-state index < -0.39 is 0 Å². The molecular formula is C23H26BrFNO2P. The molecule has 2 aromatic rings. The molecule has 0 saturated carbocycles. The van der Waals surface area contributed by atoms with Gasteiger partial charge in [-0.3, -0.25) is 0 Å². The van der Waals surface area contributed by atoms with E-state index >= 15 is 0 Å². The Morgan fingerprint density at radius 2 is 2.00 bits per heavy atom. The molecule has 29 heavy (non-hydrogen) atoms. The largest absolute Gasteiger partial charge is 0.462 e. The summed E-state index contributed by atoms with van der Waals surface area (Å²) in [6.45, 7) is 2.87. The fourth-order valence-corrected chi connectivity index (χ4v) is 3.07. The van der Waals surface area contributed by atoms with Gasteiger partial charge in [-0.25, -0.2) is 9.18 Å². The van der Waals surface area contributed by atoms with Crippen LogP contribution in [0.3, 0.4) is 0 Å². The molecule has 0 aliphatic heterocycles. The Kier molecular flexibility index (Phi) is 10.3. The summed E-state index contributed by atoms with van der Waals surface area (Å²) in [4.78, 5) is 12.6. The van der Waals surface area contributed by atoms with Crippen molar-refractivity contribution in [3.63, 3.8) is 0 Å². The van der Waals surface area contributed by atoms with Crippen molar-refractivity contribution in [1.29, 1.82) is 0 Å². The minimum Gasteiger partial charge on any atom is -0.462 e. The normalized spacial score (nSPS) is 11.8. The SMILES string of the molecule is CCCCOC(=O)C(=CC=Cc1cccc(F)c1CNCP)c1ccc(Br)cc1. The number of rotatable bonds is 10. The van der Waals surface area contributed by atoms with Gasteiger partial charge in [0, 0.05) is 22.9 Å². The molecule has 0 amide bonds. The Morgan fingerprint density at radius 1 is 1.24 bits per heavy atom. The van der Waals surface area contributed by atoms with Gasteiger partial charge in [-0.1, -0.05) is 65.7 Å². The maximum absolute atomic E-state index is 14.2. The summed E-state index contributed by atoms with van der Waals surface area (Å²) >= 11 is 3.41. The molecule has 0 heterocycles. The molecule has 0 saturated heterocycles. The molecule has 6 heteroatoms. The molecule has 0 aliphatic rings.